The number of furan rings is 1. The number of carbonyl (C=O) groups excluding carboxylic acids is 1. The van der Waals surface area contributed by atoms with Crippen LogP contribution in [-0.4, -0.2) is 60.9 Å². The Bertz CT molecular complexity index is 508. The van der Waals surface area contributed by atoms with E-state index in [9.17, 15) is 4.79 Å². The number of guanidine groups is 1. The zero-order valence-corrected chi connectivity index (χ0v) is 12.4. The number of nitrogens with one attached hydrogen (secondary N) is 1. The van der Waals surface area contributed by atoms with Gasteiger partial charge in [0, 0.05) is 39.1 Å². The molecule has 1 saturated carbocycles. The number of piperazine rings is 1. The molecule has 1 aliphatic heterocycles. The molecule has 0 spiro atoms. The van der Waals surface area contributed by atoms with Gasteiger partial charge in [-0.25, -0.2) is 0 Å². The van der Waals surface area contributed by atoms with Gasteiger partial charge in [-0.05, 0) is 25.0 Å². The van der Waals surface area contributed by atoms with Gasteiger partial charge in [0.2, 0.25) is 5.91 Å². The third kappa shape index (κ3) is 3.37. The molecular weight excluding hydrogens is 268 g/mol. The summed E-state index contributed by atoms with van der Waals surface area (Å²) in [6.07, 6.45) is 4.83. The van der Waals surface area contributed by atoms with E-state index in [-0.39, 0.29) is 5.91 Å². The van der Waals surface area contributed by atoms with E-state index >= 15 is 0 Å². The lowest BCUT2D eigenvalue weighted by atomic mass is 10.3. The van der Waals surface area contributed by atoms with Crippen LogP contribution in [0.5, 0.6) is 0 Å². The molecule has 6 heteroatoms. The molecule has 0 radical (unpaired) electrons. The van der Waals surface area contributed by atoms with Gasteiger partial charge < -0.3 is 19.5 Å². The molecule has 6 nitrogen and oxygen atoms in total. The number of amides is 1. The van der Waals surface area contributed by atoms with Crippen molar-refractivity contribution in [3.8, 4) is 0 Å². The van der Waals surface area contributed by atoms with Crippen LogP contribution in [0.2, 0.25) is 0 Å². The molecule has 1 saturated heterocycles. The van der Waals surface area contributed by atoms with E-state index in [4.69, 9.17) is 4.42 Å². The predicted molar refractivity (Wildman–Crippen MR) is 80.1 cm³/mol. The quantitative estimate of drug-likeness (QED) is 0.655. The maximum atomic E-state index is 12.2. The average Bonchev–Trinajstić information content (AvgIpc) is 3.20. The number of hydrogen-bond donors (Lipinski definition) is 1. The standard InChI is InChI=1S/C15H22N4O2/c1-16-15(17-7-6-13-3-2-10-21-13)18-8-9-19(12-4-5-12)14(20)11-18/h2-3,10,12H,4-9,11H2,1H3,(H,16,17). The Morgan fingerprint density at radius 2 is 2.33 bits per heavy atom. The Labute approximate surface area is 124 Å². The van der Waals surface area contributed by atoms with E-state index in [0.29, 0.717) is 12.6 Å². The van der Waals surface area contributed by atoms with Crippen molar-refractivity contribution in [3.05, 3.63) is 24.2 Å². The first kappa shape index (κ1) is 14.0. The molecule has 2 heterocycles. The first-order valence-corrected chi connectivity index (χ1v) is 7.55. The molecule has 0 atom stereocenters. The van der Waals surface area contributed by atoms with Crippen LogP contribution >= 0.6 is 0 Å². The van der Waals surface area contributed by atoms with Crippen LogP contribution < -0.4 is 5.32 Å². The second-order valence-electron chi connectivity index (χ2n) is 5.54. The maximum Gasteiger partial charge on any atom is 0.242 e. The fraction of sp³-hybridized carbons (Fsp3) is 0.600. The molecule has 2 fully saturated rings. The highest BCUT2D eigenvalue weighted by molar-refractivity contribution is 5.87. The van der Waals surface area contributed by atoms with Gasteiger partial charge >= 0.3 is 0 Å². The van der Waals surface area contributed by atoms with Crippen molar-refractivity contribution in [1.29, 1.82) is 0 Å². The van der Waals surface area contributed by atoms with Gasteiger partial charge in [-0.1, -0.05) is 0 Å². The summed E-state index contributed by atoms with van der Waals surface area (Å²) in [6.45, 7) is 2.83. The normalized spacial score (nSPS) is 20.0. The molecule has 0 unspecified atom stereocenters. The predicted octanol–water partition coefficient (Wildman–Crippen LogP) is 0.704. The van der Waals surface area contributed by atoms with Crippen LogP contribution in [0, 0.1) is 0 Å². The van der Waals surface area contributed by atoms with Gasteiger partial charge in [0.15, 0.2) is 5.96 Å². The molecule has 1 amide bonds. The number of rotatable bonds is 4. The Kier molecular flexibility index (Phi) is 4.13. The minimum Gasteiger partial charge on any atom is -0.469 e. The molecule has 1 N–H and O–H groups in total. The van der Waals surface area contributed by atoms with Crippen LogP contribution in [-0.2, 0) is 11.2 Å². The summed E-state index contributed by atoms with van der Waals surface area (Å²) in [6, 6.07) is 4.36. The van der Waals surface area contributed by atoms with Gasteiger partial charge in [-0.3, -0.25) is 9.79 Å². The molecule has 21 heavy (non-hydrogen) atoms. The van der Waals surface area contributed by atoms with Crippen molar-refractivity contribution >= 4 is 11.9 Å². The van der Waals surface area contributed by atoms with Crippen LogP contribution in [0.15, 0.2) is 27.8 Å². The summed E-state index contributed by atoms with van der Waals surface area (Å²) >= 11 is 0. The van der Waals surface area contributed by atoms with Gasteiger partial charge in [-0.15, -0.1) is 0 Å². The maximum absolute atomic E-state index is 12.2. The largest absolute Gasteiger partial charge is 0.469 e. The third-order valence-corrected chi connectivity index (χ3v) is 3.99. The van der Waals surface area contributed by atoms with Crippen LogP contribution in [0.4, 0.5) is 0 Å². The summed E-state index contributed by atoms with van der Waals surface area (Å²) in [7, 11) is 1.76. The van der Waals surface area contributed by atoms with E-state index < -0.39 is 0 Å². The van der Waals surface area contributed by atoms with Gasteiger partial charge in [-0.2, -0.15) is 0 Å². The molecule has 1 aliphatic carbocycles. The highest BCUT2D eigenvalue weighted by Crippen LogP contribution is 2.27. The number of nitrogens with zero attached hydrogens (tertiary/aromatic N) is 3. The van der Waals surface area contributed by atoms with Crippen molar-refractivity contribution in [1.82, 2.24) is 15.1 Å². The minimum atomic E-state index is 0.220. The summed E-state index contributed by atoms with van der Waals surface area (Å²) in [5.74, 6) is 1.97. The lowest BCUT2D eigenvalue weighted by molar-refractivity contribution is -0.135. The van der Waals surface area contributed by atoms with E-state index in [1.165, 1.54) is 12.8 Å². The minimum absolute atomic E-state index is 0.220. The second kappa shape index (κ2) is 6.20. The van der Waals surface area contributed by atoms with E-state index in [2.05, 4.69) is 10.3 Å². The smallest absolute Gasteiger partial charge is 0.242 e. The molecule has 1 aromatic heterocycles. The zero-order valence-electron chi connectivity index (χ0n) is 12.4. The Hall–Kier alpha value is -1.98. The van der Waals surface area contributed by atoms with Crippen LogP contribution in [0.25, 0.3) is 0 Å². The number of hydrogen-bond acceptors (Lipinski definition) is 3. The van der Waals surface area contributed by atoms with E-state index in [0.717, 1.165) is 37.8 Å². The average molecular weight is 290 g/mol. The van der Waals surface area contributed by atoms with Gasteiger partial charge in [0.05, 0.1) is 12.8 Å². The van der Waals surface area contributed by atoms with Crippen LogP contribution in [0.3, 0.4) is 0 Å². The fourth-order valence-corrected chi connectivity index (χ4v) is 2.72. The highest BCUT2D eigenvalue weighted by atomic mass is 16.3. The molecule has 114 valence electrons. The van der Waals surface area contributed by atoms with Crippen molar-refractivity contribution in [2.45, 2.75) is 25.3 Å². The summed E-state index contributed by atoms with van der Waals surface area (Å²) in [5, 5.41) is 3.30. The second-order valence-corrected chi connectivity index (χ2v) is 5.54. The van der Waals surface area contributed by atoms with Gasteiger partial charge in [0.25, 0.3) is 0 Å². The SMILES string of the molecule is CN=C(NCCc1ccco1)N1CCN(C2CC2)C(=O)C1. The van der Waals surface area contributed by atoms with E-state index in [1.807, 2.05) is 21.9 Å². The van der Waals surface area contributed by atoms with Crippen LogP contribution in [0.1, 0.15) is 18.6 Å². The molecule has 3 rings (SSSR count). The lowest BCUT2D eigenvalue weighted by Crippen LogP contribution is -2.55. The fourth-order valence-electron chi connectivity index (χ4n) is 2.72. The summed E-state index contributed by atoms with van der Waals surface area (Å²) in [4.78, 5) is 20.5. The highest BCUT2D eigenvalue weighted by Gasteiger charge is 2.36. The number of aliphatic imine (C=N–C) groups is 1. The van der Waals surface area contributed by atoms with Crippen molar-refractivity contribution in [2.24, 2.45) is 4.99 Å². The van der Waals surface area contributed by atoms with Crippen molar-refractivity contribution in [3.63, 3.8) is 0 Å². The molecule has 0 bridgehead atoms. The van der Waals surface area contributed by atoms with Gasteiger partial charge in [0.1, 0.15) is 5.76 Å². The summed E-state index contributed by atoms with van der Waals surface area (Å²) < 4.78 is 5.30. The van der Waals surface area contributed by atoms with Crippen molar-refractivity contribution in [2.75, 3.05) is 33.2 Å². The topological polar surface area (TPSA) is 61.1 Å². The molecule has 1 aromatic rings. The van der Waals surface area contributed by atoms with E-state index in [1.54, 1.807) is 13.3 Å². The molecule has 0 aromatic carbocycles. The monoisotopic (exact) mass is 290 g/mol. The van der Waals surface area contributed by atoms with Crippen molar-refractivity contribution < 1.29 is 9.21 Å². The Morgan fingerprint density at radius 1 is 1.48 bits per heavy atom. The third-order valence-electron chi connectivity index (χ3n) is 3.99. The number of carbonyl (C=O) groups is 1. The summed E-state index contributed by atoms with van der Waals surface area (Å²) in [5.41, 5.74) is 0. The molecule has 2 aliphatic rings. The Balaban J connectivity index is 1.48. The zero-order chi connectivity index (χ0) is 14.7. The first-order valence-electron chi connectivity index (χ1n) is 7.55. The molecular formula is C15H22N4O2. The Morgan fingerprint density at radius 3 is 2.95 bits per heavy atom. The lowest BCUT2D eigenvalue weighted by Gasteiger charge is -2.36. The first-order chi connectivity index (χ1) is 10.3.